The van der Waals surface area contributed by atoms with Crippen LogP contribution in [0.2, 0.25) is 0 Å². The first kappa shape index (κ1) is 20.3. The number of hydrogen-bond acceptors (Lipinski definition) is 5. The van der Waals surface area contributed by atoms with Crippen molar-refractivity contribution in [2.24, 2.45) is 0 Å². The minimum absolute atomic E-state index is 0.207. The molecule has 1 amide bonds. The van der Waals surface area contributed by atoms with E-state index < -0.39 is 0 Å². The first-order chi connectivity index (χ1) is 14.1. The molecule has 1 heterocycles. The van der Waals surface area contributed by atoms with Gasteiger partial charge in [0.2, 0.25) is 0 Å². The molecule has 0 radical (unpaired) electrons. The van der Waals surface area contributed by atoms with Gasteiger partial charge in [-0.3, -0.25) is 4.79 Å². The number of amides is 1. The molecule has 0 fully saturated rings. The van der Waals surface area contributed by atoms with Gasteiger partial charge in [-0.1, -0.05) is 0 Å². The third kappa shape index (κ3) is 5.28. The maximum absolute atomic E-state index is 12.5. The van der Waals surface area contributed by atoms with Crippen LogP contribution in [0.4, 0.5) is 11.4 Å². The molecule has 7 nitrogen and oxygen atoms in total. The van der Waals surface area contributed by atoms with Crippen LogP contribution >= 0.6 is 0 Å². The van der Waals surface area contributed by atoms with Gasteiger partial charge < -0.3 is 19.7 Å². The maximum Gasteiger partial charge on any atom is 0.276 e. The highest BCUT2D eigenvalue weighted by atomic mass is 16.5. The lowest BCUT2D eigenvalue weighted by atomic mass is 10.2. The topological polar surface area (TPSA) is 68.6 Å². The van der Waals surface area contributed by atoms with E-state index in [0.717, 1.165) is 30.2 Å². The van der Waals surface area contributed by atoms with Gasteiger partial charge in [0.25, 0.3) is 5.91 Å². The third-order valence-corrected chi connectivity index (χ3v) is 4.55. The van der Waals surface area contributed by atoms with Crippen LogP contribution in [0.25, 0.3) is 0 Å². The largest absolute Gasteiger partial charge is 0.497 e. The van der Waals surface area contributed by atoms with Crippen LogP contribution in [-0.4, -0.2) is 35.9 Å². The molecule has 152 valence electrons. The zero-order chi connectivity index (χ0) is 20.6. The Bertz CT molecular complexity index is 916. The highest BCUT2D eigenvalue weighted by molar-refractivity contribution is 6.02. The van der Waals surface area contributed by atoms with Crippen LogP contribution in [0.3, 0.4) is 0 Å². The zero-order valence-electron chi connectivity index (χ0n) is 17.0. The van der Waals surface area contributed by atoms with Gasteiger partial charge in [0, 0.05) is 30.7 Å². The van der Waals surface area contributed by atoms with E-state index in [0.29, 0.717) is 11.4 Å². The number of nitrogens with one attached hydrogen (secondary N) is 1. The summed E-state index contributed by atoms with van der Waals surface area (Å²) in [7, 11) is 1.62. The molecule has 0 atom stereocenters. The van der Waals surface area contributed by atoms with E-state index in [1.54, 1.807) is 24.1 Å². The molecule has 0 aliphatic heterocycles. The zero-order valence-corrected chi connectivity index (χ0v) is 17.0. The number of benzene rings is 2. The summed E-state index contributed by atoms with van der Waals surface area (Å²) in [6.07, 6.45) is 1.71. The predicted octanol–water partition coefficient (Wildman–Crippen LogP) is 4.03. The van der Waals surface area contributed by atoms with Crippen molar-refractivity contribution in [3.8, 4) is 11.5 Å². The Hall–Kier alpha value is -3.48. The molecule has 0 spiro atoms. The van der Waals surface area contributed by atoms with Gasteiger partial charge >= 0.3 is 0 Å². The Morgan fingerprint density at radius 3 is 2.28 bits per heavy atom. The lowest BCUT2D eigenvalue weighted by molar-refractivity contribution is 0.102. The molecule has 1 N–H and O–H groups in total. The molecule has 0 aliphatic carbocycles. The van der Waals surface area contributed by atoms with E-state index in [2.05, 4.69) is 29.2 Å². The average Bonchev–Trinajstić information content (AvgIpc) is 3.24. The van der Waals surface area contributed by atoms with Crippen LogP contribution in [0, 0.1) is 0 Å². The highest BCUT2D eigenvalue weighted by Gasteiger charge is 2.11. The van der Waals surface area contributed by atoms with Crippen molar-refractivity contribution in [2.45, 2.75) is 20.6 Å². The number of nitrogens with zero attached hydrogens (tertiary/aromatic N) is 3. The van der Waals surface area contributed by atoms with E-state index in [9.17, 15) is 4.79 Å². The number of carbonyl (C=O) groups excluding carboxylic acids is 1. The molecular formula is C22H26N4O3. The molecule has 0 saturated heterocycles. The van der Waals surface area contributed by atoms with Crippen molar-refractivity contribution in [1.29, 1.82) is 0 Å². The Labute approximate surface area is 170 Å². The Kier molecular flexibility index (Phi) is 6.73. The van der Waals surface area contributed by atoms with E-state index in [-0.39, 0.29) is 12.6 Å². The number of methoxy groups -OCH3 is 1. The average molecular weight is 394 g/mol. The lowest BCUT2D eigenvalue weighted by Crippen LogP contribution is -2.21. The second-order valence-corrected chi connectivity index (χ2v) is 6.36. The summed E-state index contributed by atoms with van der Waals surface area (Å²) in [6.45, 7) is 6.33. The van der Waals surface area contributed by atoms with Gasteiger partial charge in [0.05, 0.1) is 7.11 Å². The number of hydrogen-bond donors (Lipinski definition) is 1. The van der Waals surface area contributed by atoms with Crippen LogP contribution in [-0.2, 0) is 6.73 Å². The molecule has 3 aromatic rings. The minimum Gasteiger partial charge on any atom is -0.497 e. The molecule has 0 unspecified atom stereocenters. The minimum atomic E-state index is -0.260. The van der Waals surface area contributed by atoms with Crippen LogP contribution < -0.4 is 19.7 Å². The molecule has 2 aromatic carbocycles. The normalized spacial score (nSPS) is 10.4. The van der Waals surface area contributed by atoms with Crippen molar-refractivity contribution >= 4 is 17.3 Å². The molecule has 0 aliphatic rings. The Balaban J connectivity index is 1.56. The fourth-order valence-electron chi connectivity index (χ4n) is 2.91. The van der Waals surface area contributed by atoms with Gasteiger partial charge in [-0.2, -0.15) is 5.10 Å². The van der Waals surface area contributed by atoms with Crippen molar-refractivity contribution in [1.82, 2.24) is 9.78 Å². The molecule has 1 aromatic heterocycles. The summed E-state index contributed by atoms with van der Waals surface area (Å²) >= 11 is 0. The molecule has 7 heteroatoms. The lowest BCUT2D eigenvalue weighted by Gasteiger charge is -2.21. The molecule has 29 heavy (non-hydrogen) atoms. The first-order valence-corrected chi connectivity index (χ1v) is 9.59. The fraction of sp³-hybridized carbons (Fsp3) is 0.273. The summed E-state index contributed by atoms with van der Waals surface area (Å²) < 4.78 is 12.4. The van der Waals surface area contributed by atoms with Crippen molar-refractivity contribution in [3.05, 3.63) is 66.5 Å². The quantitative estimate of drug-likeness (QED) is 0.594. The molecule has 0 saturated carbocycles. The van der Waals surface area contributed by atoms with E-state index >= 15 is 0 Å². The molecular weight excluding hydrogens is 368 g/mol. The van der Waals surface area contributed by atoms with Crippen LogP contribution in [0.15, 0.2) is 60.8 Å². The monoisotopic (exact) mass is 394 g/mol. The van der Waals surface area contributed by atoms with Gasteiger partial charge in [-0.05, 0) is 68.4 Å². The first-order valence-electron chi connectivity index (χ1n) is 9.59. The number of ether oxygens (including phenoxy) is 2. The number of anilines is 2. The number of carbonyl (C=O) groups is 1. The fourth-order valence-corrected chi connectivity index (χ4v) is 2.91. The summed E-state index contributed by atoms with van der Waals surface area (Å²) in [5.41, 5.74) is 2.19. The molecule has 3 rings (SSSR count). The second-order valence-electron chi connectivity index (χ2n) is 6.36. The highest BCUT2D eigenvalue weighted by Crippen LogP contribution is 2.19. The second kappa shape index (κ2) is 9.64. The van der Waals surface area contributed by atoms with E-state index in [1.807, 2.05) is 48.5 Å². The molecule has 0 bridgehead atoms. The Morgan fingerprint density at radius 2 is 1.66 bits per heavy atom. The predicted molar refractivity (Wildman–Crippen MR) is 114 cm³/mol. The van der Waals surface area contributed by atoms with E-state index in [1.165, 1.54) is 0 Å². The van der Waals surface area contributed by atoms with Gasteiger partial charge in [0.1, 0.15) is 11.5 Å². The number of aromatic nitrogens is 2. The summed E-state index contributed by atoms with van der Waals surface area (Å²) in [4.78, 5) is 14.7. The number of rotatable bonds is 9. The third-order valence-electron chi connectivity index (χ3n) is 4.55. The van der Waals surface area contributed by atoms with Gasteiger partial charge in [-0.25, -0.2) is 4.68 Å². The summed E-state index contributed by atoms with van der Waals surface area (Å²) in [5.74, 6) is 1.20. The van der Waals surface area contributed by atoms with Crippen LogP contribution in [0.1, 0.15) is 24.3 Å². The summed E-state index contributed by atoms with van der Waals surface area (Å²) in [5, 5.41) is 7.15. The van der Waals surface area contributed by atoms with Crippen molar-refractivity contribution in [2.75, 3.05) is 30.4 Å². The van der Waals surface area contributed by atoms with Crippen LogP contribution in [0.5, 0.6) is 11.5 Å². The Morgan fingerprint density at radius 1 is 1.00 bits per heavy atom. The summed E-state index contributed by atoms with van der Waals surface area (Å²) in [6, 6.07) is 16.7. The van der Waals surface area contributed by atoms with Crippen molar-refractivity contribution < 1.29 is 14.3 Å². The SMILES string of the molecule is CCN(CC)c1ccc(NC(=O)c2ccn(COc3ccc(OC)cc3)n2)cc1. The maximum atomic E-state index is 12.5. The van der Waals surface area contributed by atoms with E-state index in [4.69, 9.17) is 9.47 Å². The standard InChI is InChI=1S/C22H26N4O3/c1-4-25(5-2)18-8-6-17(7-9-18)23-22(27)21-14-15-26(24-21)16-29-20-12-10-19(28-3)11-13-20/h6-15H,4-5,16H2,1-3H3,(H,23,27). The smallest absolute Gasteiger partial charge is 0.276 e. The van der Waals surface area contributed by atoms with Gasteiger partial charge in [-0.15, -0.1) is 0 Å². The van der Waals surface area contributed by atoms with Gasteiger partial charge in [0.15, 0.2) is 12.4 Å². The van der Waals surface area contributed by atoms with Crippen molar-refractivity contribution in [3.63, 3.8) is 0 Å².